The van der Waals surface area contributed by atoms with Crippen molar-refractivity contribution in [3.8, 4) is 0 Å². The Balaban J connectivity index is 1.63. The Bertz CT molecular complexity index is 520. The van der Waals surface area contributed by atoms with Crippen LogP contribution in [-0.4, -0.2) is 30.4 Å². The van der Waals surface area contributed by atoms with Gasteiger partial charge in [0.2, 0.25) is 5.91 Å². The molecular formula is C15H19N3O2. The van der Waals surface area contributed by atoms with Crippen molar-refractivity contribution in [2.75, 3.05) is 11.9 Å². The van der Waals surface area contributed by atoms with Gasteiger partial charge < -0.3 is 16.0 Å². The Morgan fingerprint density at radius 1 is 1.20 bits per heavy atom. The third kappa shape index (κ3) is 3.17. The summed E-state index contributed by atoms with van der Waals surface area (Å²) >= 11 is 0. The molecule has 1 aromatic carbocycles. The lowest BCUT2D eigenvalue weighted by Gasteiger charge is -2.12. The number of hydrogen-bond donors (Lipinski definition) is 3. The minimum absolute atomic E-state index is 0.0257. The Morgan fingerprint density at radius 3 is 2.75 bits per heavy atom. The monoisotopic (exact) mass is 273 g/mol. The quantitative estimate of drug-likeness (QED) is 0.773. The molecule has 0 aromatic heterocycles. The number of hydrogen-bond acceptors (Lipinski definition) is 3. The Morgan fingerprint density at radius 2 is 2.05 bits per heavy atom. The molecule has 2 amide bonds. The van der Waals surface area contributed by atoms with Crippen LogP contribution in [0.15, 0.2) is 24.3 Å². The summed E-state index contributed by atoms with van der Waals surface area (Å²) in [6, 6.07) is 7.31. The first-order valence-electron chi connectivity index (χ1n) is 7.17. The number of carbonyl (C=O) groups excluding carboxylic acids is 2. The fourth-order valence-electron chi connectivity index (χ4n) is 2.37. The molecule has 5 heteroatoms. The van der Waals surface area contributed by atoms with E-state index in [0.29, 0.717) is 17.3 Å². The van der Waals surface area contributed by atoms with Gasteiger partial charge in [0.25, 0.3) is 5.91 Å². The molecule has 0 spiro atoms. The number of carbonyl (C=O) groups is 2. The van der Waals surface area contributed by atoms with E-state index in [-0.39, 0.29) is 17.9 Å². The minimum Gasteiger partial charge on any atom is -0.349 e. The van der Waals surface area contributed by atoms with E-state index >= 15 is 0 Å². The highest BCUT2D eigenvalue weighted by molar-refractivity contribution is 5.98. The Hall–Kier alpha value is -1.88. The van der Waals surface area contributed by atoms with Crippen molar-refractivity contribution < 1.29 is 9.59 Å². The largest absolute Gasteiger partial charge is 0.349 e. The van der Waals surface area contributed by atoms with Crippen LogP contribution in [0.4, 0.5) is 5.69 Å². The smallest absolute Gasteiger partial charge is 0.251 e. The molecule has 106 valence electrons. The fraction of sp³-hybridized carbons (Fsp3) is 0.467. The van der Waals surface area contributed by atoms with Crippen molar-refractivity contribution in [1.29, 1.82) is 0 Å². The van der Waals surface area contributed by atoms with Crippen molar-refractivity contribution in [3.63, 3.8) is 0 Å². The predicted octanol–water partition coefficient (Wildman–Crippen LogP) is 1.27. The fourth-order valence-corrected chi connectivity index (χ4v) is 2.37. The van der Waals surface area contributed by atoms with Gasteiger partial charge in [0.05, 0.1) is 6.04 Å². The second kappa shape index (κ2) is 5.63. The normalized spacial score (nSPS) is 21.5. The van der Waals surface area contributed by atoms with Crippen molar-refractivity contribution >= 4 is 17.5 Å². The van der Waals surface area contributed by atoms with E-state index in [2.05, 4.69) is 16.0 Å². The highest BCUT2D eigenvalue weighted by Crippen LogP contribution is 2.20. The van der Waals surface area contributed by atoms with Crippen molar-refractivity contribution in [3.05, 3.63) is 29.8 Å². The van der Waals surface area contributed by atoms with Gasteiger partial charge in [-0.3, -0.25) is 9.59 Å². The molecule has 1 heterocycles. The molecule has 1 aromatic rings. The van der Waals surface area contributed by atoms with Crippen molar-refractivity contribution in [1.82, 2.24) is 10.6 Å². The van der Waals surface area contributed by atoms with Crippen LogP contribution in [-0.2, 0) is 4.79 Å². The Kier molecular flexibility index (Phi) is 3.69. The third-order valence-electron chi connectivity index (χ3n) is 3.68. The van der Waals surface area contributed by atoms with Crippen molar-refractivity contribution in [2.45, 2.75) is 37.8 Å². The summed E-state index contributed by atoms with van der Waals surface area (Å²) in [6.45, 7) is 0.891. The molecule has 20 heavy (non-hydrogen) atoms. The summed E-state index contributed by atoms with van der Waals surface area (Å²) in [6.07, 6.45) is 4.03. The van der Waals surface area contributed by atoms with E-state index in [9.17, 15) is 9.59 Å². The summed E-state index contributed by atoms with van der Waals surface area (Å²) in [5.74, 6) is -0.0927. The number of benzene rings is 1. The molecule has 2 aliphatic rings. The first kappa shape index (κ1) is 13.1. The van der Waals surface area contributed by atoms with E-state index in [4.69, 9.17) is 0 Å². The SMILES string of the molecule is O=C(NC1CC1)c1cccc(NC(=O)C2CCCN2)c1. The molecule has 2 fully saturated rings. The minimum atomic E-state index is -0.112. The van der Waals surface area contributed by atoms with E-state index in [1.54, 1.807) is 24.3 Å². The van der Waals surface area contributed by atoms with Crippen LogP contribution in [0.5, 0.6) is 0 Å². The van der Waals surface area contributed by atoms with E-state index < -0.39 is 0 Å². The zero-order chi connectivity index (χ0) is 13.9. The lowest BCUT2D eigenvalue weighted by molar-refractivity contribution is -0.117. The molecule has 0 radical (unpaired) electrons. The molecule has 1 unspecified atom stereocenters. The first-order chi connectivity index (χ1) is 9.72. The molecular weight excluding hydrogens is 254 g/mol. The maximum Gasteiger partial charge on any atom is 0.251 e. The van der Waals surface area contributed by atoms with Gasteiger partial charge in [-0.1, -0.05) is 6.07 Å². The van der Waals surface area contributed by atoms with Gasteiger partial charge in [0.1, 0.15) is 0 Å². The Labute approximate surface area is 118 Å². The van der Waals surface area contributed by atoms with Crippen LogP contribution in [0.25, 0.3) is 0 Å². The molecule has 1 saturated heterocycles. The third-order valence-corrected chi connectivity index (χ3v) is 3.68. The van der Waals surface area contributed by atoms with Gasteiger partial charge in [0, 0.05) is 17.3 Å². The molecule has 3 rings (SSSR count). The summed E-state index contributed by atoms with van der Waals surface area (Å²) < 4.78 is 0. The number of anilines is 1. The van der Waals surface area contributed by atoms with Crippen LogP contribution in [0, 0.1) is 0 Å². The number of amides is 2. The summed E-state index contributed by atoms with van der Waals surface area (Å²) in [5, 5.41) is 8.97. The molecule has 1 aliphatic heterocycles. The average molecular weight is 273 g/mol. The lowest BCUT2D eigenvalue weighted by atomic mass is 10.1. The highest BCUT2D eigenvalue weighted by Gasteiger charge is 2.24. The zero-order valence-electron chi connectivity index (χ0n) is 11.3. The topological polar surface area (TPSA) is 70.2 Å². The second-order valence-corrected chi connectivity index (χ2v) is 5.47. The van der Waals surface area contributed by atoms with Gasteiger partial charge in [-0.15, -0.1) is 0 Å². The summed E-state index contributed by atoms with van der Waals surface area (Å²) in [7, 11) is 0. The van der Waals surface area contributed by atoms with Crippen LogP contribution >= 0.6 is 0 Å². The van der Waals surface area contributed by atoms with Crippen LogP contribution in [0.1, 0.15) is 36.0 Å². The van der Waals surface area contributed by atoms with Crippen LogP contribution in [0.3, 0.4) is 0 Å². The molecule has 1 aliphatic carbocycles. The average Bonchev–Trinajstić information content (AvgIpc) is 3.08. The molecule has 5 nitrogen and oxygen atoms in total. The molecule has 3 N–H and O–H groups in total. The van der Waals surface area contributed by atoms with Gasteiger partial charge in [-0.25, -0.2) is 0 Å². The highest BCUT2D eigenvalue weighted by atomic mass is 16.2. The lowest BCUT2D eigenvalue weighted by Crippen LogP contribution is -2.35. The van der Waals surface area contributed by atoms with Gasteiger partial charge in [-0.05, 0) is 50.4 Å². The van der Waals surface area contributed by atoms with E-state index in [1.807, 2.05) is 0 Å². The maximum absolute atomic E-state index is 12.0. The molecule has 0 bridgehead atoms. The summed E-state index contributed by atoms with van der Waals surface area (Å²) in [4.78, 5) is 24.0. The van der Waals surface area contributed by atoms with Crippen molar-refractivity contribution in [2.24, 2.45) is 0 Å². The van der Waals surface area contributed by atoms with Gasteiger partial charge in [-0.2, -0.15) is 0 Å². The standard InChI is InChI=1S/C15H19N3O2/c19-14(17-11-6-7-11)10-3-1-4-12(9-10)18-15(20)13-5-2-8-16-13/h1,3-4,9,11,13,16H,2,5-8H2,(H,17,19)(H,18,20). The van der Waals surface area contributed by atoms with E-state index in [1.165, 1.54) is 0 Å². The van der Waals surface area contributed by atoms with Crippen LogP contribution < -0.4 is 16.0 Å². The number of nitrogens with one attached hydrogen (secondary N) is 3. The zero-order valence-corrected chi connectivity index (χ0v) is 11.3. The predicted molar refractivity (Wildman–Crippen MR) is 76.6 cm³/mol. The first-order valence-corrected chi connectivity index (χ1v) is 7.17. The number of rotatable bonds is 4. The second-order valence-electron chi connectivity index (χ2n) is 5.47. The molecule has 1 atom stereocenters. The maximum atomic E-state index is 12.0. The van der Waals surface area contributed by atoms with Gasteiger partial charge in [0.15, 0.2) is 0 Å². The summed E-state index contributed by atoms with van der Waals surface area (Å²) in [5.41, 5.74) is 1.27. The van der Waals surface area contributed by atoms with E-state index in [0.717, 1.165) is 32.2 Å². The molecule has 1 saturated carbocycles. The van der Waals surface area contributed by atoms with Gasteiger partial charge >= 0.3 is 0 Å². The van der Waals surface area contributed by atoms with Crippen LogP contribution in [0.2, 0.25) is 0 Å².